The molecule has 0 amide bonds. The fourth-order valence-corrected chi connectivity index (χ4v) is 0.921. The number of hydrogen-bond acceptors (Lipinski definition) is 5. The average Bonchev–Trinajstić information content (AvgIpc) is 2.27. The number of carbonyl (C=O) groups is 1. The predicted molar refractivity (Wildman–Crippen MR) is 65.9 cm³/mol. The Labute approximate surface area is 97.3 Å². The molecule has 9 N–H and O–H groups in total. The molecule has 6 nitrogen and oxygen atoms in total. The summed E-state index contributed by atoms with van der Waals surface area (Å²) in [6, 6.07) is -0.716. The van der Waals surface area contributed by atoms with Gasteiger partial charge in [0.05, 0.1) is 0 Å². The van der Waals surface area contributed by atoms with Crippen LogP contribution in [0.25, 0.3) is 0 Å². The molecular formula is C10H26N4O2. The minimum absolute atomic E-state index is 0.520. The van der Waals surface area contributed by atoms with Gasteiger partial charge >= 0.3 is 5.97 Å². The Morgan fingerprint density at radius 3 is 1.62 bits per heavy atom. The lowest BCUT2D eigenvalue weighted by Crippen LogP contribution is -2.29. The number of carboxylic acids is 1. The highest BCUT2D eigenvalue weighted by atomic mass is 16.4. The van der Waals surface area contributed by atoms with Crippen LogP contribution in [0.15, 0.2) is 0 Å². The Balaban J connectivity index is 0. The molecule has 0 heterocycles. The second kappa shape index (κ2) is 14.3. The van der Waals surface area contributed by atoms with E-state index >= 15 is 0 Å². The lowest BCUT2D eigenvalue weighted by Gasteiger charge is -2.03. The zero-order valence-electron chi connectivity index (χ0n) is 9.90. The third-order valence-electron chi connectivity index (χ3n) is 1.94. The maximum Gasteiger partial charge on any atom is 0.320 e. The monoisotopic (exact) mass is 234 g/mol. The molecule has 0 spiro atoms. The molecule has 0 aromatic carbocycles. The Kier molecular flexibility index (Phi) is 15.8. The maximum atomic E-state index is 10.1. The van der Waals surface area contributed by atoms with Crippen molar-refractivity contribution in [3.8, 4) is 0 Å². The summed E-state index contributed by atoms with van der Waals surface area (Å²) in [5.41, 5.74) is 20.7. The van der Waals surface area contributed by atoms with Crippen molar-refractivity contribution >= 4 is 5.97 Å². The fourth-order valence-electron chi connectivity index (χ4n) is 0.921. The summed E-state index contributed by atoms with van der Waals surface area (Å²) in [6.07, 6.45) is 4.30. The smallest absolute Gasteiger partial charge is 0.320 e. The van der Waals surface area contributed by atoms with Crippen molar-refractivity contribution in [3.05, 3.63) is 0 Å². The van der Waals surface area contributed by atoms with Gasteiger partial charge in [-0.3, -0.25) is 4.79 Å². The quantitative estimate of drug-likeness (QED) is 0.348. The number of carboxylic acid groups (broad SMARTS) is 1. The molecule has 6 heteroatoms. The zero-order chi connectivity index (χ0) is 12.8. The van der Waals surface area contributed by atoms with Gasteiger partial charge in [-0.1, -0.05) is 6.42 Å². The molecule has 98 valence electrons. The topological polar surface area (TPSA) is 141 Å². The average molecular weight is 234 g/mol. The van der Waals surface area contributed by atoms with Gasteiger partial charge in [0.15, 0.2) is 0 Å². The van der Waals surface area contributed by atoms with Crippen molar-refractivity contribution in [1.29, 1.82) is 0 Å². The molecule has 0 rings (SSSR count). The van der Waals surface area contributed by atoms with Crippen molar-refractivity contribution in [3.63, 3.8) is 0 Å². The zero-order valence-corrected chi connectivity index (χ0v) is 9.90. The van der Waals surface area contributed by atoms with Crippen molar-refractivity contribution in [2.45, 2.75) is 38.1 Å². The molecule has 0 saturated carbocycles. The summed E-state index contributed by atoms with van der Waals surface area (Å²) >= 11 is 0. The van der Waals surface area contributed by atoms with Crippen LogP contribution in [0, 0.1) is 0 Å². The Bertz CT molecular complexity index is 152. The van der Waals surface area contributed by atoms with Gasteiger partial charge in [0, 0.05) is 0 Å². The molecule has 0 radical (unpaired) electrons. The molecular weight excluding hydrogens is 208 g/mol. The van der Waals surface area contributed by atoms with Crippen LogP contribution in [0.3, 0.4) is 0 Å². The minimum Gasteiger partial charge on any atom is -0.480 e. The highest BCUT2D eigenvalue weighted by molar-refractivity contribution is 5.72. The molecule has 0 saturated heterocycles. The Hall–Kier alpha value is -0.690. The van der Waals surface area contributed by atoms with Crippen molar-refractivity contribution < 1.29 is 9.90 Å². The van der Waals surface area contributed by atoms with E-state index in [2.05, 4.69) is 0 Å². The molecule has 1 unspecified atom stereocenters. The van der Waals surface area contributed by atoms with E-state index in [4.69, 9.17) is 28.0 Å². The maximum absolute atomic E-state index is 10.1. The highest BCUT2D eigenvalue weighted by Gasteiger charge is 2.09. The largest absolute Gasteiger partial charge is 0.480 e. The lowest BCUT2D eigenvalue weighted by atomic mass is 10.1. The van der Waals surface area contributed by atoms with Crippen LogP contribution >= 0.6 is 0 Å². The van der Waals surface area contributed by atoms with Gasteiger partial charge in [-0.2, -0.15) is 0 Å². The number of unbranched alkanes of at least 4 members (excludes halogenated alkanes) is 2. The van der Waals surface area contributed by atoms with Crippen LogP contribution in [-0.2, 0) is 4.79 Å². The van der Waals surface area contributed by atoms with Crippen molar-refractivity contribution in [2.24, 2.45) is 22.9 Å². The minimum atomic E-state index is -0.933. The first kappa shape index (κ1) is 17.7. The first-order chi connectivity index (χ1) is 7.59. The van der Waals surface area contributed by atoms with Gasteiger partial charge in [0.25, 0.3) is 0 Å². The van der Waals surface area contributed by atoms with Crippen LogP contribution in [0.1, 0.15) is 32.1 Å². The lowest BCUT2D eigenvalue weighted by molar-refractivity contribution is -0.138. The first-order valence-corrected chi connectivity index (χ1v) is 5.68. The number of nitrogens with two attached hydrogens (primary N) is 4. The van der Waals surface area contributed by atoms with Gasteiger partial charge in [-0.05, 0) is 45.3 Å². The van der Waals surface area contributed by atoms with Crippen molar-refractivity contribution in [2.75, 3.05) is 19.6 Å². The summed E-state index contributed by atoms with van der Waals surface area (Å²) < 4.78 is 0. The van der Waals surface area contributed by atoms with Gasteiger partial charge in [-0.25, -0.2) is 0 Å². The molecule has 0 aliphatic rings. The normalized spacial score (nSPS) is 11.5. The summed E-state index contributed by atoms with van der Waals surface area (Å²) in [5.74, 6) is -0.933. The molecule has 1 atom stereocenters. The number of rotatable bonds is 8. The van der Waals surface area contributed by atoms with E-state index in [-0.39, 0.29) is 0 Å². The summed E-state index contributed by atoms with van der Waals surface area (Å²) in [6.45, 7) is 2.15. The van der Waals surface area contributed by atoms with E-state index in [1.165, 1.54) is 0 Å². The highest BCUT2D eigenvalue weighted by Crippen LogP contribution is 1.96. The molecule has 16 heavy (non-hydrogen) atoms. The fraction of sp³-hybridized carbons (Fsp3) is 0.900. The Morgan fingerprint density at radius 1 is 0.938 bits per heavy atom. The van der Waals surface area contributed by atoms with Gasteiger partial charge < -0.3 is 28.0 Å². The Morgan fingerprint density at radius 2 is 1.31 bits per heavy atom. The van der Waals surface area contributed by atoms with E-state index in [0.29, 0.717) is 13.0 Å². The number of hydrogen-bond donors (Lipinski definition) is 5. The molecule has 0 aromatic heterocycles. The van der Waals surface area contributed by atoms with Crippen LogP contribution in [-0.4, -0.2) is 36.8 Å². The van der Waals surface area contributed by atoms with E-state index in [1.807, 2.05) is 0 Å². The van der Waals surface area contributed by atoms with Gasteiger partial charge in [-0.15, -0.1) is 0 Å². The second-order valence-electron chi connectivity index (χ2n) is 3.51. The molecule has 0 aliphatic heterocycles. The number of aliphatic carboxylic acids is 1. The van der Waals surface area contributed by atoms with Crippen molar-refractivity contribution in [1.82, 2.24) is 0 Å². The summed E-state index contributed by atoms with van der Waals surface area (Å²) in [4.78, 5) is 10.1. The van der Waals surface area contributed by atoms with Crippen LogP contribution < -0.4 is 22.9 Å². The summed E-state index contributed by atoms with van der Waals surface area (Å²) in [7, 11) is 0. The molecule has 0 aliphatic carbocycles. The predicted octanol–water partition coefficient (Wildman–Crippen LogP) is -0.789. The SMILES string of the molecule is NCCCCC(N)C(=O)O.NCCCCN. The summed E-state index contributed by atoms with van der Waals surface area (Å²) in [5, 5.41) is 8.33. The first-order valence-electron chi connectivity index (χ1n) is 5.68. The second-order valence-corrected chi connectivity index (χ2v) is 3.51. The molecule has 0 aromatic rings. The van der Waals surface area contributed by atoms with Crippen LogP contribution in [0.5, 0.6) is 0 Å². The standard InChI is InChI=1S/C6H14N2O2.C4H12N2/c7-4-2-1-3-5(8)6(9)10;5-3-1-2-4-6/h5H,1-4,7-8H2,(H,9,10);1-6H2. The van der Waals surface area contributed by atoms with Gasteiger partial charge in [0.1, 0.15) is 6.04 Å². The van der Waals surface area contributed by atoms with E-state index in [9.17, 15) is 4.79 Å². The molecule has 0 bridgehead atoms. The third-order valence-corrected chi connectivity index (χ3v) is 1.94. The van der Waals surface area contributed by atoms with Crippen LogP contribution in [0.4, 0.5) is 0 Å². The third kappa shape index (κ3) is 15.8. The van der Waals surface area contributed by atoms with E-state index < -0.39 is 12.0 Å². The van der Waals surface area contributed by atoms with Crippen LogP contribution in [0.2, 0.25) is 0 Å². The van der Waals surface area contributed by atoms with E-state index in [1.54, 1.807) is 0 Å². The van der Waals surface area contributed by atoms with Gasteiger partial charge in [0.2, 0.25) is 0 Å². The van der Waals surface area contributed by atoms with E-state index in [0.717, 1.165) is 38.8 Å². The molecule has 0 fully saturated rings.